The summed E-state index contributed by atoms with van der Waals surface area (Å²) in [6, 6.07) is 8.97. The van der Waals surface area contributed by atoms with Crippen molar-refractivity contribution in [1.82, 2.24) is 14.9 Å². The van der Waals surface area contributed by atoms with Gasteiger partial charge < -0.3 is 24.4 Å². The largest absolute Gasteiger partial charge is 0.495 e. The fourth-order valence-corrected chi connectivity index (χ4v) is 3.08. The van der Waals surface area contributed by atoms with E-state index < -0.39 is 0 Å². The van der Waals surface area contributed by atoms with Gasteiger partial charge in [-0.25, -0.2) is 14.8 Å². The van der Waals surface area contributed by atoms with Crippen molar-refractivity contribution in [3.05, 3.63) is 36.2 Å². The highest BCUT2D eigenvalue weighted by atomic mass is 16.6. The first kappa shape index (κ1) is 21.2. The summed E-state index contributed by atoms with van der Waals surface area (Å²) in [7, 11) is 1.52. The second-order valence-electron chi connectivity index (χ2n) is 7.13. The Morgan fingerprint density at radius 2 is 2.03 bits per heavy atom. The number of rotatable bonds is 6. The van der Waals surface area contributed by atoms with Crippen molar-refractivity contribution in [1.29, 1.82) is 5.26 Å². The summed E-state index contributed by atoms with van der Waals surface area (Å²) in [5, 5.41) is 12.2. The van der Waals surface area contributed by atoms with Crippen LogP contribution < -0.4 is 14.8 Å². The number of piperidine rings is 1. The van der Waals surface area contributed by atoms with E-state index in [4.69, 9.17) is 19.5 Å². The highest BCUT2D eigenvalue weighted by Crippen LogP contribution is 2.26. The fourth-order valence-electron chi connectivity index (χ4n) is 3.08. The van der Waals surface area contributed by atoms with Gasteiger partial charge in [-0.15, -0.1) is 0 Å². The molecule has 0 bridgehead atoms. The zero-order valence-electron chi connectivity index (χ0n) is 17.3. The number of carbonyl (C=O) groups excluding carboxylic acids is 1. The molecule has 9 nitrogen and oxygen atoms in total. The molecular formula is C21H25N5O4. The summed E-state index contributed by atoms with van der Waals surface area (Å²) in [6.45, 7) is 4.83. The van der Waals surface area contributed by atoms with E-state index in [9.17, 15) is 4.79 Å². The summed E-state index contributed by atoms with van der Waals surface area (Å²) in [4.78, 5) is 22.1. The zero-order chi connectivity index (χ0) is 21.5. The lowest BCUT2D eigenvalue weighted by atomic mass is 10.1. The molecule has 3 rings (SSSR count). The quantitative estimate of drug-likeness (QED) is 0.769. The van der Waals surface area contributed by atoms with Crippen molar-refractivity contribution in [2.45, 2.75) is 38.9 Å². The normalized spacial score (nSPS) is 14.2. The van der Waals surface area contributed by atoms with E-state index in [1.54, 1.807) is 29.2 Å². The number of ether oxygens (including phenoxy) is 3. The predicted molar refractivity (Wildman–Crippen MR) is 110 cm³/mol. The summed E-state index contributed by atoms with van der Waals surface area (Å²) in [5.41, 5.74) is 1.19. The first-order chi connectivity index (χ1) is 14.5. The number of methoxy groups -OCH3 is 1. The van der Waals surface area contributed by atoms with Crippen molar-refractivity contribution in [3.63, 3.8) is 0 Å². The van der Waals surface area contributed by atoms with Crippen LogP contribution in [-0.4, -0.2) is 53.4 Å². The maximum absolute atomic E-state index is 12.0. The Morgan fingerprint density at radius 3 is 2.70 bits per heavy atom. The van der Waals surface area contributed by atoms with Crippen LogP contribution in [0.15, 0.2) is 30.6 Å². The number of anilines is 2. The number of hydrogen-bond acceptors (Lipinski definition) is 8. The smallest absolute Gasteiger partial charge is 0.410 e. The molecule has 1 N–H and O–H groups in total. The molecule has 1 aliphatic heterocycles. The molecule has 0 spiro atoms. The van der Waals surface area contributed by atoms with E-state index in [0.29, 0.717) is 48.9 Å². The van der Waals surface area contributed by atoms with Crippen molar-refractivity contribution >= 4 is 17.6 Å². The minimum atomic E-state index is -0.283. The van der Waals surface area contributed by atoms with E-state index in [2.05, 4.69) is 21.4 Å². The molecule has 2 aromatic rings. The van der Waals surface area contributed by atoms with E-state index in [1.165, 1.54) is 13.4 Å². The van der Waals surface area contributed by atoms with E-state index >= 15 is 0 Å². The van der Waals surface area contributed by atoms with Gasteiger partial charge in [0.1, 0.15) is 30.1 Å². The molecule has 0 saturated carbocycles. The predicted octanol–water partition coefficient (Wildman–Crippen LogP) is 3.49. The average molecular weight is 411 g/mol. The molecule has 0 radical (unpaired) electrons. The third-order valence-electron chi connectivity index (χ3n) is 4.56. The Kier molecular flexibility index (Phi) is 6.91. The Bertz CT molecular complexity index is 920. The maximum atomic E-state index is 12.0. The highest BCUT2D eigenvalue weighted by Gasteiger charge is 2.25. The number of nitrogens with one attached hydrogen (secondary N) is 1. The number of nitriles is 1. The number of nitrogens with zero attached hydrogens (tertiary/aromatic N) is 4. The van der Waals surface area contributed by atoms with Crippen LogP contribution >= 0.6 is 0 Å². The Hall–Kier alpha value is -3.54. The minimum Gasteiger partial charge on any atom is -0.495 e. The summed E-state index contributed by atoms with van der Waals surface area (Å²) in [5.74, 6) is 1.50. The van der Waals surface area contributed by atoms with Crippen LogP contribution in [-0.2, 0) is 4.74 Å². The number of hydrogen-bond donors (Lipinski definition) is 1. The first-order valence-corrected chi connectivity index (χ1v) is 9.78. The van der Waals surface area contributed by atoms with Crippen LogP contribution in [0.2, 0.25) is 0 Å². The van der Waals surface area contributed by atoms with Crippen LogP contribution in [0.4, 0.5) is 16.3 Å². The van der Waals surface area contributed by atoms with Gasteiger partial charge in [-0.05, 0) is 26.0 Å². The van der Waals surface area contributed by atoms with Crippen molar-refractivity contribution in [2.75, 3.05) is 25.5 Å². The van der Waals surface area contributed by atoms with E-state index in [0.717, 1.165) is 5.69 Å². The van der Waals surface area contributed by atoms with Crippen LogP contribution in [0.5, 0.6) is 11.6 Å². The topological polar surface area (TPSA) is 110 Å². The molecule has 1 aromatic heterocycles. The third kappa shape index (κ3) is 5.50. The maximum Gasteiger partial charge on any atom is 0.410 e. The van der Waals surface area contributed by atoms with Gasteiger partial charge in [0, 0.05) is 43.8 Å². The molecule has 2 heterocycles. The molecule has 1 amide bonds. The Labute approximate surface area is 175 Å². The molecule has 1 aliphatic rings. The second-order valence-corrected chi connectivity index (χ2v) is 7.13. The fraction of sp³-hybridized carbons (Fsp3) is 0.429. The SMILES string of the molecule is COc1cc(Nc2cc(OC3CCN(C(=O)OC(C)C)CC3)ncn2)ccc1C#N. The van der Waals surface area contributed by atoms with Crippen LogP contribution in [0.25, 0.3) is 0 Å². The number of benzene rings is 1. The molecule has 30 heavy (non-hydrogen) atoms. The summed E-state index contributed by atoms with van der Waals surface area (Å²) in [6.07, 6.45) is 2.38. The molecule has 0 atom stereocenters. The molecule has 9 heteroatoms. The van der Waals surface area contributed by atoms with Gasteiger partial charge >= 0.3 is 6.09 Å². The van der Waals surface area contributed by atoms with E-state index in [1.807, 2.05) is 13.8 Å². The molecule has 0 unspecified atom stereocenters. The van der Waals surface area contributed by atoms with Gasteiger partial charge in [-0.2, -0.15) is 5.26 Å². The minimum absolute atomic E-state index is 0.0362. The molecule has 1 aromatic carbocycles. The molecule has 0 aliphatic carbocycles. The number of carbonyl (C=O) groups is 1. The summed E-state index contributed by atoms with van der Waals surface area (Å²) < 4.78 is 16.5. The monoisotopic (exact) mass is 411 g/mol. The zero-order valence-corrected chi connectivity index (χ0v) is 17.3. The van der Waals surface area contributed by atoms with Crippen LogP contribution in [0.3, 0.4) is 0 Å². The molecule has 1 saturated heterocycles. The highest BCUT2D eigenvalue weighted by molar-refractivity contribution is 5.67. The Morgan fingerprint density at radius 1 is 1.27 bits per heavy atom. The lowest BCUT2D eigenvalue weighted by Gasteiger charge is -2.31. The van der Waals surface area contributed by atoms with Crippen molar-refractivity contribution < 1.29 is 19.0 Å². The molecule has 1 fully saturated rings. The number of likely N-dealkylation sites (tertiary alicyclic amines) is 1. The third-order valence-corrected chi connectivity index (χ3v) is 4.56. The first-order valence-electron chi connectivity index (χ1n) is 9.78. The van der Waals surface area contributed by atoms with Gasteiger partial charge in [-0.1, -0.05) is 0 Å². The summed E-state index contributed by atoms with van der Waals surface area (Å²) >= 11 is 0. The average Bonchev–Trinajstić information content (AvgIpc) is 2.74. The lowest BCUT2D eigenvalue weighted by Crippen LogP contribution is -2.42. The van der Waals surface area contributed by atoms with E-state index in [-0.39, 0.29) is 18.3 Å². The number of amides is 1. The van der Waals surface area contributed by atoms with Crippen LogP contribution in [0, 0.1) is 11.3 Å². The van der Waals surface area contributed by atoms with Crippen LogP contribution in [0.1, 0.15) is 32.3 Å². The number of aromatic nitrogens is 2. The van der Waals surface area contributed by atoms with Gasteiger partial charge in [0.15, 0.2) is 0 Å². The van der Waals surface area contributed by atoms with Gasteiger partial charge in [-0.3, -0.25) is 0 Å². The second kappa shape index (κ2) is 9.78. The van der Waals surface area contributed by atoms with Crippen molar-refractivity contribution in [3.8, 4) is 17.7 Å². The standard InChI is InChI=1S/C21H25N5O4/c1-14(2)29-21(27)26-8-6-17(7-9-26)30-20-11-19(23-13-24-20)25-16-5-4-15(12-22)18(10-16)28-3/h4-5,10-11,13-14,17H,6-9H2,1-3H3,(H,23,24,25). The van der Waals surface area contributed by atoms with Crippen molar-refractivity contribution in [2.24, 2.45) is 0 Å². The Balaban J connectivity index is 1.58. The molecule has 158 valence electrons. The van der Waals surface area contributed by atoms with Gasteiger partial charge in [0.2, 0.25) is 5.88 Å². The van der Waals surface area contributed by atoms with Gasteiger partial charge in [0.05, 0.1) is 18.8 Å². The lowest BCUT2D eigenvalue weighted by molar-refractivity contribution is 0.0507. The van der Waals surface area contributed by atoms with Gasteiger partial charge in [0.25, 0.3) is 0 Å². The molecular weight excluding hydrogens is 386 g/mol.